The largest absolute Gasteiger partial charge is 0.394 e. The Labute approximate surface area is 269 Å². The van der Waals surface area contributed by atoms with Crippen LogP contribution in [0, 0.1) is 0 Å². The molecule has 0 saturated carbocycles. The molecule has 3 N–H and O–H groups in total. The molecular weight excluding hydrogens is 530 g/mol. The highest BCUT2D eigenvalue weighted by molar-refractivity contribution is 5.76. The molecule has 0 aliphatic rings. The fraction of sp³-hybridized carbons (Fsp3) is 0.923. The molecule has 4 heteroatoms. The second kappa shape index (κ2) is 35.6. The molecule has 0 fully saturated rings. The molecule has 0 saturated heterocycles. The number of hydrogen-bond donors (Lipinski definition) is 3. The summed E-state index contributed by atoms with van der Waals surface area (Å²) in [5, 5.41) is 23.1. The molecule has 0 bridgehead atoms. The molecule has 0 unspecified atom stereocenters. The molecule has 0 aromatic rings. The zero-order valence-electron chi connectivity index (χ0n) is 29.2. The number of aliphatic hydroxyl groups is 2. The number of amides is 1. The van der Waals surface area contributed by atoms with Gasteiger partial charge in [-0.25, -0.2) is 0 Å². The monoisotopic (exact) mass is 608 g/mol. The van der Waals surface area contributed by atoms with Crippen molar-refractivity contribution in [1.29, 1.82) is 0 Å². The second-order valence-corrected chi connectivity index (χ2v) is 13.4. The highest BCUT2D eigenvalue weighted by Gasteiger charge is 2.19. The van der Waals surface area contributed by atoms with Crippen LogP contribution in [0.2, 0.25) is 0 Å². The minimum atomic E-state index is -0.656. The lowest BCUT2D eigenvalue weighted by molar-refractivity contribution is -0.123. The molecule has 1 amide bonds. The molecule has 4 nitrogen and oxygen atoms in total. The van der Waals surface area contributed by atoms with E-state index in [0.29, 0.717) is 12.8 Å². The van der Waals surface area contributed by atoms with Crippen molar-refractivity contribution in [3.63, 3.8) is 0 Å². The summed E-state index contributed by atoms with van der Waals surface area (Å²) in [5.74, 6) is -0.0354. The third kappa shape index (κ3) is 32.3. The number of carbonyl (C=O) groups is 1. The molecular formula is C39H77NO3. The van der Waals surface area contributed by atoms with Crippen molar-refractivity contribution in [3.05, 3.63) is 12.2 Å². The van der Waals surface area contributed by atoms with Crippen molar-refractivity contribution in [2.75, 3.05) is 6.61 Å². The van der Waals surface area contributed by atoms with Crippen molar-refractivity contribution < 1.29 is 15.0 Å². The van der Waals surface area contributed by atoms with Crippen LogP contribution in [-0.2, 0) is 4.79 Å². The van der Waals surface area contributed by atoms with Crippen LogP contribution in [0.3, 0.4) is 0 Å². The number of carbonyl (C=O) groups excluding carboxylic acids is 1. The predicted octanol–water partition coefficient (Wildman–Crippen LogP) is 11.5. The Morgan fingerprint density at radius 3 is 1.28 bits per heavy atom. The van der Waals surface area contributed by atoms with Gasteiger partial charge in [0.15, 0.2) is 0 Å². The van der Waals surface area contributed by atoms with E-state index in [4.69, 9.17) is 0 Å². The van der Waals surface area contributed by atoms with E-state index in [1.54, 1.807) is 0 Å². The van der Waals surface area contributed by atoms with Gasteiger partial charge in [0.25, 0.3) is 0 Å². The molecule has 0 spiro atoms. The number of allylic oxidation sites excluding steroid dienone is 2. The predicted molar refractivity (Wildman–Crippen MR) is 189 cm³/mol. The van der Waals surface area contributed by atoms with Crippen LogP contribution in [0.15, 0.2) is 12.2 Å². The van der Waals surface area contributed by atoms with Gasteiger partial charge in [-0.05, 0) is 38.5 Å². The van der Waals surface area contributed by atoms with Crippen LogP contribution < -0.4 is 5.32 Å². The zero-order chi connectivity index (χ0) is 31.5. The van der Waals surface area contributed by atoms with Gasteiger partial charge in [-0.1, -0.05) is 180 Å². The molecule has 0 aromatic carbocycles. The number of aliphatic hydroxyl groups excluding tert-OH is 2. The average molecular weight is 608 g/mol. The van der Waals surface area contributed by atoms with E-state index in [0.717, 1.165) is 25.7 Å². The first-order valence-corrected chi connectivity index (χ1v) is 19.4. The number of rotatable bonds is 35. The molecule has 0 aromatic heterocycles. The van der Waals surface area contributed by atoms with Crippen LogP contribution in [0.4, 0.5) is 0 Å². The summed E-state index contributed by atoms with van der Waals surface area (Å²) in [6, 6.07) is -0.533. The Morgan fingerprint density at radius 2 is 0.884 bits per heavy atom. The molecule has 43 heavy (non-hydrogen) atoms. The van der Waals surface area contributed by atoms with E-state index in [9.17, 15) is 15.0 Å². The third-order valence-electron chi connectivity index (χ3n) is 9.03. The summed E-state index contributed by atoms with van der Waals surface area (Å²) in [7, 11) is 0. The van der Waals surface area contributed by atoms with Gasteiger partial charge in [0, 0.05) is 6.42 Å². The molecule has 256 valence electrons. The minimum absolute atomic E-state index is 0.0354. The molecule has 0 heterocycles. The third-order valence-corrected chi connectivity index (χ3v) is 9.03. The Balaban J connectivity index is 3.54. The Morgan fingerprint density at radius 1 is 0.535 bits per heavy atom. The van der Waals surface area contributed by atoms with Gasteiger partial charge in [-0.3, -0.25) is 4.79 Å². The average Bonchev–Trinajstić information content (AvgIpc) is 3.01. The topological polar surface area (TPSA) is 69.6 Å². The molecule has 0 rings (SSSR count). The Bertz CT molecular complexity index is 579. The van der Waals surface area contributed by atoms with Crippen molar-refractivity contribution in [2.24, 2.45) is 0 Å². The van der Waals surface area contributed by atoms with Gasteiger partial charge >= 0.3 is 0 Å². The van der Waals surface area contributed by atoms with Crippen LogP contribution in [-0.4, -0.2) is 34.9 Å². The Kier molecular flexibility index (Phi) is 34.9. The summed E-state index contributed by atoms with van der Waals surface area (Å²) >= 11 is 0. The van der Waals surface area contributed by atoms with Gasteiger partial charge in [0.2, 0.25) is 5.91 Å². The van der Waals surface area contributed by atoms with Crippen molar-refractivity contribution in [1.82, 2.24) is 5.32 Å². The SMILES string of the molecule is CCCCCCCC/C=C/CCCCCCCCCC(=O)N[C@@H](CO)[C@H](O)CCCCCCCCCCCCCCCC. The maximum absolute atomic E-state index is 12.3. The van der Waals surface area contributed by atoms with Crippen LogP contribution in [0.25, 0.3) is 0 Å². The number of nitrogens with one attached hydrogen (secondary N) is 1. The molecule has 0 aliphatic heterocycles. The van der Waals surface area contributed by atoms with E-state index in [2.05, 4.69) is 31.3 Å². The first-order valence-electron chi connectivity index (χ1n) is 19.4. The van der Waals surface area contributed by atoms with Gasteiger partial charge < -0.3 is 15.5 Å². The molecule has 2 atom stereocenters. The van der Waals surface area contributed by atoms with Crippen molar-refractivity contribution in [2.45, 2.75) is 225 Å². The smallest absolute Gasteiger partial charge is 0.220 e. The lowest BCUT2D eigenvalue weighted by atomic mass is 10.0. The van der Waals surface area contributed by atoms with E-state index < -0.39 is 12.1 Å². The zero-order valence-corrected chi connectivity index (χ0v) is 29.2. The maximum Gasteiger partial charge on any atom is 0.220 e. The minimum Gasteiger partial charge on any atom is -0.394 e. The highest BCUT2D eigenvalue weighted by atomic mass is 16.3. The lowest BCUT2D eigenvalue weighted by Crippen LogP contribution is -2.45. The number of unbranched alkanes of at least 4 members (excludes halogenated alkanes) is 26. The Hall–Kier alpha value is -0.870. The first-order chi connectivity index (χ1) is 21.2. The van der Waals surface area contributed by atoms with Crippen LogP contribution in [0.5, 0.6) is 0 Å². The van der Waals surface area contributed by atoms with Crippen LogP contribution >= 0.6 is 0 Å². The maximum atomic E-state index is 12.3. The lowest BCUT2D eigenvalue weighted by Gasteiger charge is -2.22. The van der Waals surface area contributed by atoms with E-state index >= 15 is 0 Å². The van der Waals surface area contributed by atoms with Crippen molar-refractivity contribution >= 4 is 5.91 Å². The fourth-order valence-corrected chi connectivity index (χ4v) is 6.00. The quantitative estimate of drug-likeness (QED) is 0.0496. The highest BCUT2D eigenvalue weighted by Crippen LogP contribution is 2.15. The normalized spacial score (nSPS) is 13.1. The summed E-state index contributed by atoms with van der Waals surface area (Å²) in [4.78, 5) is 12.3. The standard InChI is InChI=1S/C39H77NO3/c1-3-5-7-9-11-13-15-17-19-20-21-23-25-27-29-31-33-35-39(43)40-37(36-41)38(42)34-32-30-28-26-24-22-18-16-14-12-10-8-6-4-2/h17,19,37-38,41-42H,3-16,18,20-36H2,1-2H3,(H,40,43)/b19-17+/t37-,38+/m0/s1. The summed E-state index contributed by atoms with van der Waals surface area (Å²) in [5.41, 5.74) is 0. The first kappa shape index (κ1) is 42.1. The van der Waals surface area contributed by atoms with Gasteiger partial charge in [0.05, 0.1) is 18.8 Å². The second-order valence-electron chi connectivity index (χ2n) is 13.4. The van der Waals surface area contributed by atoms with Gasteiger partial charge in [-0.2, -0.15) is 0 Å². The van der Waals surface area contributed by atoms with E-state index in [-0.39, 0.29) is 12.5 Å². The van der Waals surface area contributed by atoms with Gasteiger partial charge in [-0.15, -0.1) is 0 Å². The van der Waals surface area contributed by atoms with E-state index in [1.807, 2.05) is 0 Å². The summed E-state index contributed by atoms with van der Waals surface area (Å²) < 4.78 is 0. The van der Waals surface area contributed by atoms with Crippen molar-refractivity contribution in [3.8, 4) is 0 Å². The molecule has 0 aliphatic carbocycles. The van der Waals surface area contributed by atoms with Gasteiger partial charge in [0.1, 0.15) is 0 Å². The molecule has 0 radical (unpaired) electrons. The summed E-state index contributed by atoms with van der Waals surface area (Å²) in [6.45, 7) is 4.35. The van der Waals surface area contributed by atoms with Crippen LogP contribution in [0.1, 0.15) is 213 Å². The fourth-order valence-electron chi connectivity index (χ4n) is 6.00. The summed E-state index contributed by atoms with van der Waals surface area (Å²) in [6.07, 6.45) is 42.6. The number of hydrogen-bond acceptors (Lipinski definition) is 3. The van der Waals surface area contributed by atoms with E-state index in [1.165, 1.54) is 161 Å².